The van der Waals surface area contributed by atoms with Gasteiger partial charge in [0.25, 0.3) is 5.91 Å². The highest BCUT2D eigenvalue weighted by Crippen LogP contribution is 2.36. The first-order valence-electron chi connectivity index (χ1n) is 9.96. The van der Waals surface area contributed by atoms with Crippen LogP contribution in [-0.2, 0) is 0 Å². The summed E-state index contributed by atoms with van der Waals surface area (Å²) in [5, 5.41) is 14.6. The molecule has 1 aromatic heterocycles. The Morgan fingerprint density at radius 1 is 1.07 bits per heavy atom. The van der Waals surface area contributed by atoms with Gasteiger partial charge in [0.2, 0.25) is 0 Å². The fourth-order valence-corrected chi connectivity index (χ4v) is 4.76. The molecule has 1 aliphatic carbocycles. The summed E-state index contributed by atoms with van der Waals surface area (Å²) in [7, 11) is 0. The van der Waals surface area contributed by atoms with E-state index in [0.29, 0.717) is 11.6 Å². The first-order valence-corrected chi connectivity index (χ1v) is 10.8. The van der Waals surface area contributed by atoms with Crippen molar-refractivity contribution in [3.05, 3.63) is 66.4 Å². The Morgan fingerprint density at radius 2 is 1.86 bits per heavy atom. The van der Waals surface area contributed by atoms with Gasteiger partial charge in [0.05, 0.1) is 15.5 Å². The van der Waals surface area contributed by atoms with Crippen LogP contribution < -0.4 is 11.1 Å². The van der Waals surface area contributed by atoms with Crippen molar-refractivity contribution < 1.29 is 9.90 Å². The molecule has 4 N–H and O–H groups in total. The number of nitrogens with one attached hydrogen (secondary N) is 1. The van der Waals surface area contributed by atoms with Gasteiger partial charge in [0.1, 0.15) is 5.75 Å². The lowest BCUT2D eigenvalue weighted by Gasteiger charge is -2.25. The van der Waals surface area contributed by atoms with Crippen molar-refractivity contribution in [3.8, 4) is 11.4 Å². The number of primary amides is 1. The summed E-state index contributed by atoms with van der Waals surface area (Å²) < 4.78 is 2.05. The largest absolute Gasteiger partial charge is 0.507 e. The van der Waals surface area contributed by atoms with Crippen molar-refractivity contribution in [3.63, 3.8) is 0 Å². The number of carbonyl (C=O) groups is 1. The number of phenolic OH excluding ortho intramolecular Hbond substituents is 1. The number of rotatable bonds is 6. The molecule has 5 nitrogen and oxygen atoms in total. The number of aromatic hydroxyl groups is 1. The lowest BCUT2D eigenvalue weighted by molar-refractivity contribution is 0.100. The first-order chi connectivity index (χ1) is 14.1. The van der Waals surface area contributed by atoms with E-state index in [1.807, 2.05) is 53.2 Å². The van der Waals surface area contributed by atoms with E-state index in [9.17, 15) is 9.90 Å². The Kier molecular flexibility index (Phi) is 5.81. The highest BCUT2D eigenvalue weighted by Gasteiger charge is 2.17. The maximum atomic E-state index is 12.0. The number of benzene rings is 2. The molecule has 29 heavy (non-hydrogen) atoms. The van der Waals surface area contributed by atoms with Crippen molar-refractivity contribution in [2.45, 2.75) is 48.1 Å². The monoisotopic (exact) mass is 407 g/mol. The Hall–Kier alpha value is -2.86. The van der Waals surface area contributed by atoms with Gasteiger partial charge in [0.15, 0.2) is 0 Å². The number of aromatic nitrogens is 1. The summed E-state index contributed by atoms with van der Waals surface area (Å²) in [4.78, 5) is 12.7. The van der Waals surface area contributed by atoms with Crippen LogP contribution in [0.25, 0.3) is 5.69 Å². The van der Waals surface area contributed by atoms with Gasteiger partial charge in [0, 0.05) is 23.6 Å². The zero-order chi connectivity index (χ0) is 20.2. The minimum Gasteiger partial charge on any atom is -0.507 e. The number of hydrogen-bond acceptors (Lipinski definition) is 4. The Bertz CT molecular complexity index is 1010. The molecular formula is C23H25N3O2S. The second kappa shape index (κ2) is 8.66. The maximum absolute atomic E-state index is 12.0. The van der Waals surface area contributed by atoms with Crippen molar-refractivity contribution in [2.24, 2.45) is 5.73 Å². The molecule has 1 heterocycles. The Balaban J connectivity index is 1.65. The normalized spacial score (nSPS) is 14.6. The van der Waals surface area contributed by atoms with Crippen molar-refractivity contribution in [2.75, 3.05) is 5.32 Å². The van der Waals surface area contributed by atoms with E-state index in [-0.39, 0.29) is 5.75 Å². The van der Waals surface area contributed by atoms with Crippen molar-refractivity contribution in [1.29, 1.82) is 0 Å². The molecule has 0 atom stereocenters. The van der Waals surface area contributed by atoms with Crippen LogP contribution in [0.4, 0.5) is 5.69 Å². The molecule has 6 heteroatoms. The standard InChI is InChI=1S/C23H25N3O2S/c24-23(28)18-13-12-17(15-19(18)25-16-7-2-1-3-8-16)26-14-6-11-22(26)29-21-10-5-4-9-20(21)27/h4-6,9-16,25,27H,1-3,7-8H2,(H2,24,28). The molecule has 1 amide bonds. The Morgan fingerprint density at radius 3 is 2.62 bits per heavy atom. The van der Waals surface area contributed by atoms with Crippen LogP contribution in [0.1, 0.15) is 42.5 Å². The highest BCUT2D eigenvalue weighted by molar-refractivity contribution is 7.99. The van der Waals surface area contributed by atoms with Gasteiger partial charge in [-0.3, -0.25) is 4.79 Å². The molecule has 0 aliphatic heterocycles. The number of amides is 1. The zero-order valence-electron chi connectivity index (χ0n) is 16.2. The number of nitrogens with zero attached hydrogens (tertiary/aromatic N) is 1. The summed E-state index contributed by atoms with van der Waals surface area (Å²) in [6.07, 6.45) is 7.90. The van der Waals surface area contributed by atoms with Gasteiger partial charge >= 0.3 is 0 Å². The van der Waals surface area contributed by atoms with Crippen molar-refractivity contribution >= 4 is 23.4 Å². The molecule has 1 aliphatic rings. The predicted molar refractivity (Wildman–Crippen MR) is 117 cm³/mol. The van der Waals surface area contributed by atoms with Crippen LogP contribution in [0.2, 0.25) is 0 Å². The van der Waals surface area contributed by atoms with E-state index in [4.69, 9.17) is 5.73 Å². The van der Waals surface area contributed by atoms with E-state index < -0.39 is 5.91 Å². The third-order valence-electron chi connectivity index (χ3n) is 5.30. The molecule has 4 rings (SSSR count). The van der Waals surface area contributed by atoms with Gasteiger partial charge in [-0.05, 0) is 55.3 Å². The predicted octanol–water partition coefficient (Wildman–Crippen LogP) is 5.18. The summed E-state index contributed by atoms with van der Waals surface area (Å²) in [6, 6.07) is 17.3. The molecule has 0 bridgehead atoms. The van der Waals surface area contributed by atoms with Crippen LogP contribution in [0, 0.1) is 0 Å². The van der Waals surface area contributed by atoms with Gasteiger partial charge in [-0.2, -0.15) is 0 Å². The fourth-order valence-electron chi connectivity index (χ4n) is 3.80. The molecule has 3 aromatic rings. The number of carbonyl (C=O) groups excluding carboxylic acids is 1. The van der Waals surface area contributed by atoms with Gasteiger partial charge < -0.3 is 20.7 Å². The second-order valence-corrected chi connectivity index (χ2v) is 8.42. The fraction of sp³-hybridized carbons (Fsp3) is 0.261. The van der Waals surface area contributed by atoms with Crippen LogP contribution in [0.5, 0.6) is 5.75 Å². The molecule has 0 spiro atoms. The van der Waals surface area contributed by atoms with E-state index in [0.717, 1.165) is 34.1 Å². The molecular weight excluding hydrogens is 382 g/mol. The number of nitrogens with two attached hydrogens (primary N) is 1. The SMILES string of the molecule is NC(=O)c1ccc(-n2cccc2Sc2ccccc2O)cc1NC1CCCCC1. The third kappa shape index (κ3) is 4.43. The molecule has 150 valence electrons. The Labute approximate surface area is 174 Å². The van der Waals surface area contributed by atoms with Gasteiger partial charge in [-0.15, -0.1) is 0 Å². The lowest BCUT2D eigenvalue weighted by Crippen LogP contribution is -2.24. The summed E-state index contributed by atoms with van der Waals surface area (Å²) in [5.41, 5.74) is 7.86. The second-order valence-electron chi connectivity index (χ2n) is 7.36. The van der Waals surface area contributed by atoms with Crippen LogP contribution >= 0.6 is 11.8 Å². The van der Waals surface area contributed by atoms with E-state index in [2.05, 4.69) is 5.32 Å². The molecule has 0 saturated heterocycles. The van der Waals surface area contributed by atoms with E-state index in [1.165, 1.54) is 31.0 Å². The van der Waals surface area contributed by atoms with Gasteiger partial charge in [-0.25, -0.2) is 0 Å². The minimum absolute atomic E-state index is 0.258. The highest BCUT2D eigenvalue weighted by atomic mass is 32.2. The smallest absolute Gasteiger partial charge is 0.250 e. The number of phenols is 1. The first kappa shape index (κ1) is 19.5. The van der Waals surface area contributed by atoms with Crippen molar-refractivity contribution in [1.82, 2.24) is 4.57 Å². The lowest BCUT2D eigenvalue weighted by atomic mass is 9.95. The molecule has 0 unspecified atom stereocenters. The maximum Gasteiger partial charge on any atom is 0.250 e. The molecule has 1 saturated carbocycles. The van der Waals surface area contributed by atoms with E-state index >= 15 is 0 Å². The van der Waals surface area contributed by atoms with Crippen LogP contribution in [-0.4, -0.2) is 21.6 Å². The molecule has 1 fully saturated rings. The summed E-state index contributed by atoms with van der Waals surface area (Å²) in [6.45, 7) is 0. The zero-order valence-corrected chi connectivity index (χ0v) is 17.0. The number of para-hydroxylation sites is 1. The quantitative estimate of drug-likeness (QED) is 0.526. The van der Waals surface area contributed by atoms with Crippen LogP contribution in [0.3, 0.4) is 0 Å². The molecule has 0 radical (unpaired) electrons. The summed E-state index contributed by atoms with van der Waals surface area (Å²) in [5.74, 6) is -0.167. The van der Waals surface area contributed by atoms with Gasteiger partial charge in [-0.1, -0.05) is 43.2 Å². The average molecular weight is 408 g/mol. The topological polar surface area (TPSA) is 80.3 Å². The average Bonchev–Trinajstić information content (AvgIpc) is 3.18. The minimum atomic E-state index is -0.425. The number of hydrogen-bond donors (Lipinski definition) is 3. The summed E-state index contributed by atoms with van der Waals surface area (Å²) >= 11 is 1.50. The van der Waals surface area contributed by atoms with Crippen LogP contribution in [0.15, 0.2) is 70.7 Å². The van der Waals surface area contributed by atoms with E-state index in [1.54, 1.807) is 12.1 Å². The molecule has 2 aromatic carbocycles. The number of anilines is 1. The third-order valence-corrected chi connectivity index (χ3v) is 6.41.